The summed E-state index contributed by atoms with van der Waals surface area (Å²) >= 11 is 12.5. The predicted octanol–water partition coefficient (Wildman–Crippen LogP) is 5.36. The molecule has 0 bridgehead atoms. The lowest BCUT2D eigenvalue weighted by molar-refractivity contribution is 0.0342. The molecule has 0 spiro atoms. The van der Waals surface area contributed by atoms with Crippen molar-refractivity contribution in [2.24, 2.45) is 0 Å². The minimum Gasteiger partial charge on any atom is -0.465 e. The van der Waals surface area contributed by atoms with Gasteiger partial charge < -0.3 is 25.2 Å². The smallest absolute Gasteiger partial charge is 0.404 e. The standard InChI is InChI=1S/C25H26Cl2N4O4/c26-20-11-19(12-21(27)14-20)18-9-17(16-31-5-7-34-8-6-31)10-23(13-18)35-22-1-2-24(30-15-22)28-3-4-29-25(32)33/h1-2,9-15,29H,3-8,16H2,(H,28,30)(H,32,33). The Morgan fingerprint density at radius 3 is 2.43 bits per heavy atom. The van der Waals surface area contributed by atoms with Crippen LogP contribution in [0.2, 0.25) is 10.0 Å². The predicted molar refractivity (Wildman–Crippen MR) is 137 cm³/mol. The van der Waals surface area contributed by atoms with Crippen molar-refractivity contribution < 1.29 is 19.4 Å². The summed E-state index contributed by atoms with van der Waals surface area (Å²) in [6.07, 6.45) is 0.566. The minimum absolute atomic E-state index is 0.279. The fourth-order valence-electron chi connectivity index (χ4n) is 3.76. The highest BCUT2D eigenvalue weighted by molar-refractivity contribution is 6.35. The zero-order valence-corrected chi connectivity index (χ0v) is 20.5. The topological polar surface area (TPSA) is 96.0 Å². The number of pyridine rings is 1. The monoisotopic (exact) mass is 516 g/mol. The van der Waals surface area contributed by atoms with E-state index in [0.717, 1.165) is 49.5 Å². The third-order valence-corrected chi connectivity index (χ3v) is 5.79. The summed E-state index contributed by atoms with van der Waals surface area (Å²) < 4.78 is 11.6. The number of morpholine rings is 1. The molecule has 0 saturated carbocycles. The third kappa shape index (κ3) is 7.73. The van der Waals surface area contributed by atoms with Crippen LogP contribution in [0.5, 0.6) is 11.5 Å². The van der Waals surface area contributed by atoms with Gasteiger partial charge in [0.25, 0.3) is 0 Å². The van der Waals surface area contributed by atoms with E-state index in [4.69, 9.17) is 37.8 Å². The van der Waals surface area contributed by atoms with Crippen molar-refractivity contribution in [1.29, 1.82) is 0 Å². The van der Waals surface area contributed by atoms with E-state index < -0.39 is 6.09 Å². The van der Waals surface area contributed by atoms with Crippen LogP contribution in [0.25, 0.3) is 11.1 Å². The molecule has 3 aromatic rings. The highest BCUT2D eigenvalue weighted by Crippen LogP contribution is 2.33. The molecule has 1 aliphatic heterocycles. The summed E-state index contributed by atoms with van der Waals surface area (Å²) in [5, 5.41) is 15.1. The van der Waals surface area contributed by atoms with Gasteiger partial charge in [0.1, 0.15) is 17.3 Å². The lowest BCUT2D eigenvalue weighted by Crippen LogP contribution is -2.35. The van der Waals surface area contributed by atoms with Crippen LogP contribution in [-0.4, -0.2) is 60.5 Å². The van der Waals surface area contributed by atoms with Crippen molar-refractivity contribution >= 4 is 35.1 Å². The Morgan fingerprint density at radius 2 is 1.74 bits per heavy atom. The number of rotatable bonds is 9. The second kappa shape index (κ2) is 12.1. The molecule has 2 aromatic carbocycles. The van der Waals surface area contributed by atoms with E-state index in [1.807, 2.05) is 30.3 Å². The molecule has 4 rings (SSSR count). The van der Waals surface area contributed by atoms with Gasteiger partial charge in [-0.15, -0.1) is 0 Å². The minimum atomic E-state index is -1.06. The maximum atomic E-state index is 10.5. The van der Waals surface area contributed by atoms with Crippen LogP contribution in [-0.2, 0) is 11.3 Å². The van der Waals surface area contributed by atoms with E-state index in [-0.39, 0.29) is 6.54 Å². The van der Waals surface area contributed by atoms with Gasteiger partial charge in [0, 0.05) is 42.8 Å². The van der Waals surface area contributed by atoms with Crippen LogP contribution in [0, 0.1) is 0 Å². The second-order valence-corrected chi connectivity index (χ2v) is 8.93. The number of aromatic nitrogens is 1. The van der Waals surface area contributed by atoms with E-state index >= 15 is 0 Å². The Hall–Kier alpha value is -3.04. The zero-order valence-electron chi connectivity index (χ0n) is 19.0. The normalized spacial score (nSPS) is 13.9. The third-order valence-electron chi connectivity index (χ3n) is 5.35. The van der Waals surface area contributed by atoms with Gasteiger partial charge in [-0.2, -0.15) is 0 Å². The summed E-state index contributed by atoms with van der Waals surface area (Å²) in [5.74, 6) is 1.88. The Morgan fingerprint density at radius 1 is 1.00 bits per heavy atom. The number of nitrogens with zero attached hydrogens (tertiary/aromatic N) is 2. The van der Waals surface area contributed by atoms with Gasteiger partial charge in [0.05, 0.1) is 19.4 Å². The van der Waals surface area contributed by atoms with Crippen molar-refractivity contribution in [1.82, 2.24) is 15.2 Å². The number of hydrogen-bond donors (Lipinski definition) is 3. The molecule has 0 unspecified atom stereocenters. The number of hydrogen-bond acceptors (Lipinski definition) is 6. The molecule has 3 N–H and O–H groups in total. The largest absolute Gasteiger partial charge is 0.465 e. The lowest BCUT2D eigenvalue weighted by Gasteiger charge is -2.27. The fourth-order valence-corrected chi connectivity index (χ4v) is 4.28. The molecule has 0 atom stereocenters. The zero-order chi connectivity index (χ0) is 24.6. The van der Waals surface area contributed by atoms with Gasteiger partial charge in [-0.1, -0.05) is 23.2 Å². The van der Waals surface area contributed by atoms with Crippen LogP contribution < -0.4 is 15.4 Å². The molecular formula is C25H26Cl2N4O4. The number of ether oxygens (including phenoxy) is 2. The first-order chi connectivity index (χ1) is 16.9. The van der Waals surface area contributed by atoms with Crippen LogP contribution in [0.3, 0.4) is 0 Å². The molecule has 35 heavy (non-hydrogen) atoms. The molecule has 1 fully saturated rings. The molecule has 0 aliphatic carbocycles. The van der Waals surface area contributed by atoms with Gasteiger partial charge >= 0.3 is 6.09 Å². The molecule has 184 valence electrons. The average molecular weight is 517 g/mol. The molecule has 8 nitrogen and oxygen atoms in total. The molecule has 1 aromatic heterocycles. The van der Waals surface area contributed by atoms with Crippen LogP contribution in [0.4, 0.5) is 10.6 Å². The maximum Gasteiger partial charge on any atom is 0.404 e. The number of nitrogens with one attached hydrogen (secondary N) is 2. The Balaban J connectivity index is 1.52. The first-order valence-corrected chi connectivity index (χ1v) is 12.0. The van der Waals surface area contributed by atoms with Gasteiger partial charge in [0.2, 0.25) is 0 Å². The van der Waals surface area contributed by atoms with Gasteiger partial charge in [-0.05, 0) is 65.2 Å². The van der Waals surface area contributed by atoms with Crippen molar-refractivity contribution in [3.8, 4) is 22.6 Å². The highest BCUT2D eigenvalue weighted by atomic mass is 35.5. The number of benzene rings is 2. The first kappa shape index (κ1) is 25.1. The molecule has 1 aliphatic rings. The average Bonchev–Trinajstić information content (AvgIpc) is 2.83. The van der Waals surface area contributed by atoms with E-state index in [1.54, 1.807) is 18.3 Å². The number of carboxylic acid groups (broad SMARTS) is 1. The Labute approximate surface area is 213 Å². The van der Waals surface area contributed by atoms with Gasteiger partial charge in [-0.3, -0.25) is 4.90 Å². The number of amides is 1. The molecule has 10 heteroatoms. The first-order valence-electron chi connectivity index (χ1n) is 11.2. The van der Waals surface area contributed by atoms with Crippen molar-refractivity contribution in [2.75, 3.05) is 44.7 Å². The van der Waals surface area contributed by atoms with Crippen molar-refractivity contribution in [3.05, 3.63) is 70.3 Å². The van der Waals surface area contributed by atoms with Crippen LogP contribution in [0.1, 0.15) is 5.56 Å². The van der Waals surface area contributed by atoms with E-state index in [0.29, 0.717) is 33.9 Å². The second-order valence-electron chi connectivity index (χ2n) is 8.05. The van der Waals surface area contributed by atoms with E-state index in [9.17, 15) is 4.79 Å². The maximum absolute atomic E-state index is 10.5. The van der Waals surface area contributed by atoms with Crippen molar-refractivity contribution in [2.45, 2.75) is 6.54 Å². The number of anilines is 1. The quantitative estimate of drug-likeness (QED) is 0.329. The summed E-state index contributed by atoms with van der Waals surface area (Å²) in [5.41, 5.74) is 2.96. The fraction of sp³-hybridized carbons (Fsp3) is 0.280. The number of carbonyl (C=O) groups is 1. The van der Waals surface area contributed by atoms with E-state index in [2.05, 4.69) is 26.6 Å². The Kier molecular flexibility index (Phi) is 8.65. The summed E-state index contributed by atoms with van der Waals surface area (Å²) in [4.78, 5) is 17.2. The molecule has 0 radical (unpaired) electrons. The molecule has 2 heterocycles. The van der Waals surface area contributed by atoms with Gasteiger partial charge in [-0.25, -0.2) is 9.78 Å². The summed E-state index contributed by atoms with van der Waals surface area (Å²) in [7, 11) is 0. The molecule has 1 amide bonds. The molecule has 1 saturated heterocycles. The Bertz CT molecular complexity index is 1130. The number of halogens is 2. The van der Waals surface area contributed by atoms with Crippen LogP contribution >= 0.6 is 23.2 Å². The van der Waals surface area contributed by atoms with Crippen LogP contribution in [0.15, 0.2) is 54.7 Å². The highest BCUT2D eigenvalue weighted by Gasteiger charge is 2.13. The van der Waals surface area contributed by atoms with Crippen molar-refractivity contribution in [3.63, 3.8) is 0 Å². The summed E-state index contributed by atoms with van der Waals surface area (Å²) in [6.45, 7) is 4.69. The van der Waals surface area contributed by atoms with Gasteiger partial charge in [0.15, 0.2) is 0 Å². The summed E-state index contributed by atoms with van der Waals surface area (Å²) in [6, 6.07) is 15.2. The molecular weight excluding hydrogens is 491 g/mol. The lowest BCUT2D eigenvalue weighted by atomic mass is 10.0. The van der Waals surface area contributed by atoms with E-state index in [1.165, 1.54) is 0 Å². The SMILES string of the molecule is O=C(O)NCCNc1ccc(Oc2cc(CN3CCOCC3)cc(-c3cc(Cl)cc(Cl)c3)c2)cn1.